The van der Waals surface area contributed by atoms with Gasteiger partial charge in [-0.25, -0.2) is 0 Å². The third kappa shape index (κ3) is 4.79. The first kappa shape index (κ1) is 20.3. The van der Waals surface area contributed by atoms with E-state index < -0.39 is 0 Å². The van der Waals surface area contributed by atoms with Gasteiger partial charge in [0.05, 0.1) is 0 Å². The van der Waals surface area contributed by atoms with Crippen LogP contribution in [0.15, 0.2) is 53.7 Å². The maximum atomic E-state index is 12.8. The summed E-state index contributed by atoms with van der Waals surface area (Å²) in [5.74, 6) is 0.619. The minimum Gasteiger partial charge on any atom is -0.362 e. The SMILES string of the molecule is NCC=CC(=O)N1CCC[C@@H](N(CC2CC2)c2cc(-c3ccncc3)c[nH]c2=O)C1. The Balaban J connectivity index is 1.62. The van der Waals surface area contributed by atoms with E-state index in [0.29, 0.717) is 24.7 Å². The molecule has 3 heterocycles. The van der Waals surface area contributed by atoms with Gasteiger partial charge in [-0.1, -0.05) is 6.08 Å². The number of pyridine rings is 2. The van der Waals surface area contributed by atoms with Crippen molar-refractivity contribution in [3.8, 4) is 11.1 Å². The zero-order valence-corrected chi connectivity index (χ0v) is 17.2. The molecule has 4 rings (SSSR count). The number of piperidine rings is 1. The van der Waals surface area contributed by atoms with Gasteiger partial charge >= 0.3 is 0 Å². The van der Waals surface area contributed by atoms with Gasteiger partial charge in [0.25, 0.3) is 5.56 Å². The highest BCUT2D eigenvalue weighted by atomic mass is 16.2. The molecular weight excluding hydrogens is 378 g/mol. The van der Waals surface area contributed by atoms with Crippen LogP contribution in [0.3, 0.4) is 0 Å². The molecule has 1 atom stereocenters. The Hall–Kier alpha value is -2.93. The third-order valence-electron chi connectivity index (χ3n) is 5.90. The molecule has 2 aromatic rings. The molecule has 158 valence electrons. The van der Waals surface area contributed by atoms with E-state index in [1.165, 1.54) is 12.8 Å². The van der Waals surface area contributed by atoms with E-state index in [9.17, 15) is 9.59 Å². The van der Waals surface area contributed by atoms with Gasteiger partial charge in [0.15, 0.2) is 0 Å². The number of hydrogen-bond acceptors (Lipinski definition) is 5. The number of aromatic nitrogens is 2. The molecule has 1 saturated heterocycles. The second kappa shape index (κ2) is 9.26. The lowest BCUT2D eigenvalue weighted by atomic mass is 10.0. The van der Waals surface area contributed by atoms with Crippen molar-refractivity contribution in [2.24, 2.45) is 11.7 Å². The summed E-state index contributed by atoms with van der Waals surface area (Å²) in [4.78, 5) is 36.4. The van der Waals surface area contributed by atoms with Crippen molar-refractivity contribution in [3.63, 3.8) is 0 Å². The fourth-order valence-electron chi connectivity index (χ4n) is 4.10. The summed E-state index contributed by atoms with van der Waals surface area (Å²) in [5.41, 5.74) is 8.07. The van der Waals surface area contributed by atoms with Crippen molar-refractivity contribution in [2.45, 2.75) is 31.7 Å². The van der Waals surface area contributed by atoms with Gasteiger partial charge in [0.1, 0.15) is 5.69 Å². The van der Waals surface area contributed by atoms with Crippen molar-refractivity contribution in [1.82, 2.24) is 14.9 Å². The predicted octanol–water partition coefficient (Wildman–Crippen LogP) is 2.16. The lowest BCUT2D eigenvalue weighted by Gasteiger charge is -2.40. The van der Waals surface area contributed by atoms with Crippen LogP contribution in [0.2, 0.25) is 0 Å². The van der Waals surface area contributed by atoms with Gasteiger partial charge in [0.2, 0.25) is 5.91 Å². The Labute approximate surface area is 176 Å². The van der Waals surface area contributed by atoms with E-state index in [1.807, 2.05) is 23.1 Å². The number of carbonyl (C=O) groups excluding carboxylic acids is 1. The van der Waals surface area contributed by atoms with E-state index >= 15 is 0 Å². The van der Waals surface area contributed by atoms with Crippen LogP contribution >= 0.6 is 0 Å². The first-order valence-corrected chi connectivity index (χ1v) is 10.7. The zero-order valence-electron chi connectivity index (χ0n) is 17.2. The fraction of sp³-hybridized carbons (Fsp3) is 0.435. The first-order valence-electron chi connectivity index (χ1n) is 10.7. The van der Waals surface area contributed by atoms with Crippen molar-refractivity contribution < 1.29 is 4.79 Å². The third-order valence-corrected chi connectivity index (χ3v) is 5.90. The molecule has 0 bridgehead atoms. The molecule has 0 unspecified atom stereocenters. The van der Waals surface area contributed by atoms with Gasteiger partial charge in [0, 0.05) is 62.5 Å². The Morgan fingerprint density at radius 2 is 2.07 bits per heavy atom. The number of aromatic amines is 1. The van der Waals surface area contributed by atoms with E-state index in [-0.39, 0.29) is 17.5 Å². The van der Waals surface area contributed by atoms with Gasteiger partial charge < -0.3 is 20.5 Å². The number of hydrogen-bond donors (Lipinski definition) is 2. The summed E-state index contributed by atoms with van der Waals surface area (Å²) in [6, 6.07) is 5.98. The van der Waals surface area contributed by atoms with Crippen molar-refractivity contribution in [1.29, 1.82) is 0 Å². The lowest BCUT2D eigenvalue weighted by molar-refractivity contribution is -0.127. The quantitative estimate of drug-likeness (QED) is 0.686. The number of anilines is 1. The predicted molar refractivity (Wildman–Crippen MR) is 118 cm³/mol. The molecule has 2 aliphatic rings. The number of nitrogens with zero attached hydrogens (tertiary/aromatic N) is 3. The smallest absolute Gasteiger partial charge is 0.271 e. The topological polar surface area (TPSA) is 95.3 Å². The molecule has 1 aliphatic heterocycles. The Kier molecular flexibility index (Phi) is 6.28. The molecule has 2 aromatic heterocycles. The average molecular weight is 408 g/mol. The second-order valence-electron chi connectivity index (χ2n) is 8.15. The maximum Gasteiger partial charge on any atom is 0.271 e. The molecule has 7 nitrogen and oxygen atoms in total. The monoisotopic (exact) mass is 407 g/mol. The number of rotatable bonds is 7. The average Bonchev–Trinajstić information content (AvgIpc) is 3.61. The summed E-state index contributed by atoms with van der Waals surface area (Å²) in [6.45, 7) is 2.58. The van der Waals surface area contributed by atoms with Crippen molar-refractivity contribution in [3.05, 3.63) is 59.3 Å². The van der Waals surface area contributed by atoms with Gasteiger partial charge in [-0.3, -0.25) is 14.6 Å². The summed E-state index contributed by atoms with van der Waals surface area (Å²) in [6.07, 6.45) is 12.8. The molecule has 0 radical (unpaired) electrons. The van der Waals surface area contributed by atoms with E-state index in [4.69, 9.17) is 5.73 Å². The minimum absolute atomic E-state index is 0.00373. The molecule has 0 spiro atoms. The molecule has 7 heteroatoms. The summed E-state index contributed by atoms with van der Waals surface area (Å²) < 4.78 is 0. The molecule has 2 fully saturated rings. The molecule has 1 amide bonds. The van der Waals surface area contributed by atoms with Gasteiger partial charge in [-0.2, -0.15) is 0 Å². The van der Waals surface area contributed by atoms with Crippen LogP contribution in [0, 0.1) is 5.92 Å². The van der Waals surface area contributed by atoms with Crippen LogP contribution in [-0.4, -0.2) is 53.0 Å². The highest BCUT2D eigenvalue weighted by Crippen LogP contribution is 2.33. The Morgan fingerprint density at radius 3 is 2.80 bits per heavy atom. The summed E-state index contributed by atoms with van der Waals surface area (Å²) >= 11 is 0. The highest BCUT2D eigenvalue weighted by Gasteiger charge is 2.33. The summed E-state index contributed by atoms with van der Waals surface area (Å²) in [7, 11) is 0. The zero-order chi connectivity index (χ0) is 20.9. The molecule has 1 saturated carbocycles. The fourth-order valence-corrected chi connectivity index (χ4v) is 4.10. The van der Waals surface area contributed by atoms with Crippen LogP contribution in [0.4, 0.5) is 5.69 Å². The Bertz CT molecular complexity index is 952. The van der Waals surface area contributed by atoms with Crippen LogP contribution in [0.25, 0.3) is 11.1 Å². The number of likely N-dealkylation sites (tertiary alicyclic amines) is 1. The van der Waals surface area contributed by atoms with Crippen LogP contribution in [0.1, 0.15) is 25.7 Å². The lowest BCUT2D eigenvalue weighted by Crippen LogP contribution is -2.51. The normalized spacial score (nSPS) is 19.2. The molecule has 30 heavy (non-hydrogen) atoms. The number of carbonyl (C=O) groups is 1. The molecule has 3 N–H and O–H groups in total. The standard InChI is InChI=1S/C23H29N5O2/c24-9-1-4-22(29)27-12-2-3-20(16-27)28(15-17-5-6-17)21-13-19(14-26-23(21)30)18-7-10-25-11-8-18/h1,4,7-8,10-11,13-14,17,20H,2-3,5-6,9,12,15-16,24H2,(H,26,30)/t20-/m1/s1. The number of nitrogens with two attached hydrogens (primary N) is 1. The van der Waals surface area contributed by atoms with Crippen LogP contribution in [0.5, 0.6) is 0 Å². The first-order chi connectivity index (χ1) is 14.7. The van der Waals surface area contributed by atoms with Crippen LogP contribution < -0.4 is 16.2 Å². The van der Waals surface area contributed by atoms with E-state index in [2.05, 4.69) is 14.9 Å². The molecule has 0 aromatic carbocycles. The highest BCUT2D eigenvalue weighted by molar-refractivity contribution is 5.87. The minimum atomic E-state index is -0.0834. The Morgan fingerprint density at radius 1 is 1.27 bits per heavy atom. The van der Waals surface area contributed by atoms with Crippen molar-refractivity contribution in [2.75, 3.05) is 31.1 Å². The van der Waals surface area contributed by atoms with Gasteiger partial charge in [-0.15, -0.1) is 0 Å². The van der Waals surface area contributed by atoms with Crippen LogP contribution in [-0.2, 0) is 4.79 Å². The van der Waals surface area contributed by atoms with E-state index in [1.54, 1.807) is 30.7 Å². The molecular formula is C23H29N5O2. The number of amides is 1. The van der Waals surface area contributed by atoms with E-state index in [0.717, 1.165) is 37.1 Å². The largest absolute Gasteiger partial charge is 0.362 e. The molecule has 1 aliphatic carbocycles. The van der Waals surface area contributed by atoms with Crippen molar-refractivity contribution >= 4 is 11.6 Å². The summed E-state index contributed by atoms with van der Waals surface area (Å²) in [5, 5.41) is 0. The second-order valence-corrected chi connectivity index (χ2v) is 8.15. The number of nitrogens with one attached hydrogen (secondary N) is 1. The van der Waals surface area contributed by atoms with Gasteiger partial charge in [-0.05, 0) is 55.4 Å². The number of H-pyrrole nitrogens is 1. The maximum absolute atomic E-state index is 12.8.